The number of carbonyl (C=O) groups is 2. The minimum atomic E-state index is -0.828. The molecule has 18 heavy (non-hydrogen) atoms. The maximum absolute atomic E-state index is 13.3. The Kier molecular flexibility index (Phi) is 3.51. The lowest BCUT2D eigenvalue weighted by Crippen LogP contribution is -2.37. The zero-order valence-corrected chi connectivity index (χ0v) is 10.8. The lowest BCUT2D eigenvalue weighted by atomic mass is 10.1. The summed E-state index contributed by atoms with van der Waals surface area (Å²) in [6, 6.07) is 2.60. The van der Waals surface area contributed by atoms with Gasteiger partial charge in [0, 0.05) is 18.9 Å². The third kappa shape index (κ3) is 2.61. The Labute approximate surface area is 111 Å². The fourth-order valence-electron chi connectivity index (χ4n) is 1.61. The molecule has 0 bridgehead atoms. The third-order valence-corrected chi connectivity index (χ3v) is 3.10. The SMILES string of the molecule is NC(=O)CC[C@H]1Oc2cc(F)c(Br)cc2NC1=O. The number of hydrogen-bond donors (Lipinski definition) is 2. The number of fused-ring (bicyclic) bond motifs is 1. The van der Waals surface area contributed by atoms with Crippen LogP contribution in [0.15, 0.2) is 16.6 Å². The van der Waals surface area contributed by atoms with Gasteiger partial charge < -0.3 is 15.8 Å². The second-order valence-electron chi connectivity index (χ2n) is 3.86. The van der Waals surface area contributed by atoms with Gasteiger partial charge in [0.15, 0.2) is 6.10 Å². The number of halogens is 2. The molecule has 0 spiro atoms. The van der Waals surface area contributed by atoms with Crippen LogP contribution in [-0.4, -0.2) is 17.9 Å². The normalized spacial score (nSPS) is 17.7. The monoisotopic (exact) mass is 316 g/mol. The molecule has 1 aromatic rings. The molecule has 0 unspecified atom stereocenters. The molecule has 1 aliphatic rings. The molecular formula is C11H10BrFN2O3. The van der Waals surface area contributed by atoms with Crippen LogP contribution in [0.3, 0.4) is 0 Å². The van der Waals surface area contributed by atoms with Gasteiger partial charge in [-0.1, -0.05) is 0 Å². The molecule has 0 saturated heterocycles. The zero-order valence-electron chi connectivity index (χ0n) is 9.20. The molecular weight excluding hydrogens is 307 g/mol. The van der Waals surface area contributed by atoms with Gasteiger partial charge in [-0.2, -0.15) is 0 Å². The molecule has 1 aliphatic heterocycles. The van der Waals surface area contributed by atoms with Crippen LogP contribution in [0, 0.1) is 5.82 Å². The summed E-state index contributed by atoms with van der Waals surface area (Å²) in [5.41, 5.74) is 5.39. The molecule has 2 rings (SSSR count). The molecule has 1 heterocycles. The van der Waals surface area contributed by atoms with Gasteiger partial charge in [0.25, 0.3) is 5.91 Å². The number of amides is 2. The van der Waals surface area contributed by atoms with E-state index in [4.69, 9.17) is 10.5 Å². The summed E-state index contributed by atoms with van der Waals surface area (Å²) >= 11 is 3.02. The summed E-state index contributed by atoms with van der Waals surface area (Å²) in [6.45, 7) is 0. The molecule has 0 aromatic heterocycles. The fourth-order valence-corrected chi connectivity index (χ4v) is 1.95. The van der Waals surface area contributed by atoms with Crippen LogP contribution in [0.2, 0.25) is 0 Å². The Morgan fingerprint density at radius 2 is 2.28 bits per heavy atom. The standard InChI is InChI=1S/C11H10BrFN2O3/c12-5-3-7-9(4-6(5)13)18-8(11(17)15-7)1-2-10(14)16/h3-4,8H,1-2H2,(H2,14,16)(H,15,17)/t8-/m1/s1. The number of nitrogens with one attached hydrogen (secondary N) is 1. The highest BCUT2D eigenvalue weighted by atomic mass is 79.9. The maximum Gasteiger partial charge on any atom is 0.265 e. The first-order chi connectivity index (χ1) is 8.47. The minimum absolute atomic E-state index is 0.0342. The number of ether oxygens (including phenoxy) is 1. The molecule has 0 saturated carbocycles. The van der Waals surface area contributed by atoms with Crippen LogP contribution in [0.25, 0.3) is 0 Å². The van der Waals surface area contributed by atoms with Crippen molar-refractivity contribution in [1.82, 2.24) is 0 Å². The van der Waals surface area contributed by atoms with E-state index in [9.17, 15) is 14.0 Å². The van der Waals surface area contributed by atoms with E-state index in [2.05, 4.69) is 21.2 Å². The highest BCUT2D eigenvalue weighted by molar-refractivity contribution is 9.10. The first-order valence-corrected chi connectivity index (χ1v) is 6.01. The largest absolute Gasteiger partial charge is 0.478 e. The highest BCUT2D eigenvalue weighted by Crippen LogP contribution is 2.34. The van der Waals surface area contributed by atoms with Gasteiger partial charge in [0.1, 0.15) is 11.6 Å². The fraction of sp³-hybridized carbons (Fsp3) is 0.273. The predicted octanol–water partition coefficient (Wildman–Crippen LogP) is 1.55. The molecule has 3 N–H and O–H groups in total. The van der Waals surface area contributed by atoms with Crippen molar-refractivity contribution in [3.05, 3.63) is 22.4 Å². The summed E-state index contributed by atoms with van der Waals surface area (Å²) in [7, 11) is 0. The molecule has 0 radical (unpaired) electrons. The summed E-state index contributed by atoms with van der Waals surface area (Å²) in [4.78, 5) is 22.3. The van der Waals surface area contributed by atoms with E-state index in [0.29, 0.717) is 5.69 Å². The molecule has 5 nitrogen and oxygen atoms in total. The zero-order chi connectivity index (χ0) is 13.3. The van der Waals surface area contributed by atoms with E-state index in [0.717, 1.165) is 0 Å². The molecule has 0 aliphatic carbocycles. The smallest absolute Gasteiger partial charge is 0.265 e. The lowest BCUT2D eigenvalue weighted by Gasteiger charge is -2.25. The Balaban J connectivity index is 2.19. The predicted molar refractivity (Wildman–Crippen MR) is 65.6 cm³/mol. The third-order valence-electron chi connectivity index (χ3n) is 2.49. The van der Waals surface area contributed by atoms with Gasteiger partial charge in [-0.15, -0.1) is 0 Å². The molecule has 0 fully saturated rings. The van der Waals surface area contributed by atoms with Crippen LogP contribution in [0.5, 0.6) is 5.75 Å². The van der Waals surface area contributed by atoms with Crippen molar-refractivity contribution in [2.45, 2.75) is 18.9 Å². The molecule has 7 heteroatoms. The summed E-state index contributed by atoms with van der Waals surface area (Å²) < 4.78 is 18.9. The van der Waals surface area contributed by atoms with E-state index in [1.165, 1.54) is 12.1 Å². The maximum atomic E-state index is 13.3. The van der Waals surface area contributed by atoms with Crippen molar-refractivity contribution in [1.29, 1.82) is 0 Å². The van der Waals surface area contributed by atoms with Crippen molar-refractivity contribution in [2.24, 2.45) is 5.73 Å². The second-order valence-corrected chi connectivity index (χ2v) is 4.72. The van der Waals surface area contributed by atoms with Gasteiger partial charge in [-0.05, 0) is 22.0 Å². The number of carbonyl (C=O) groups excluding carboxylic acids is 2. The van der Waals surface area contributed by atoms with Gasteiger partial charge >= 0.3 is 0 Å². The van der Waals surface area contributed by atoms with Gasteiger partial charge in [-0.25, -0.2) is 4.39 Å². The summed E-state index contributed by atoms with van der Waals surface area (Å²) in [5.74, 6) is -1.13. The van der Waals surface area contributed by atoms with E-state index in [1.807, 2.05) is 0 Å². The van der Waals surface area contributed by atoms with Crippen LogP contribution < -0.4 is 15.8 Å². The number of rotatable bonds is 3. The van der Waals surface area contributed by atoms with Crippen LogP contribution >= 0.6 is 15.9 Å². The number of benzene rings is 1. The van der Waals surface area contributed by atoms with Crippen LogP contribution in [0.4, 0.5) is 10.1 Å². The molecule has 96 valence electrons. The van der Waals surface area contributed by atoms with Crippen molar-refractivity contribution >= 4 is 33.4 Å². The summed E-state index contributed by atoms with van der Waals surface area (Å²) in [5, 5.41) is 2.59. The van der Waals surface area contributed by atoms with Crippen LogP contribution in [-0.2, 0) is 9.59 Å². The number of hydrogen-bond acceptors (Lipinski definition) is 3. The molecule has 1 atom stereocenters. The van der Waals surface area contributed by atoms with E-state index in [-0.39, 0.29) is 29.0 Å². The Hall–Kier alpha value is -1.63. The molecule has 2 amide bonds. The molecule has 1 aromatic carbocycles. The minimum Gasteiger partial charge on any atom is -0.478 e. The Bertz CT molecular complexity index is 521. The first-order valence-electron chi connectivity index (χ1n) is 5.22. The van der Waals surface area contributed by atoms with Gasteiger partial charge in [-0.3, -0.25) is 9.59 Å². The van der Waals surface area contributed by atoms with Crippen LogP contribution in [0.1, 0.15) is 12.8 Å². The Morgan fingerprint density at radius 1 is 1.56 bits per heavy atom. The topological polar surface area (TPSA) is 81.4 Å². The van der Waals surface area contributed by atoms with Crippen molar-refractivity contribution in [3.8, 4) is 5.75 Å². The lowest BCUT2D eigenvalue weighted by molar-refractivity contribution is -0.124. The van der Waals surface area contributed by atoms with E-state index in [1.54, 1.807) is 0 Å². The van der Waals surface area contributed by atoms with Crippen molar-refractivity contribution in [2.75, 3.05) is 5.32 Å². The average Bonchev–Trinajstić information content (AvgIpc) is 2.29. The number of nitrogens with two attached hydrogens (primary N) is 1. The quantitative estimate of drug-likeness (QED) is 0.887. The Morgan fingerprint density at radius 3 is 2.94 bits per heavy atom. The first kappa shape index (κ1) is 12.8. The number of primary amides is 1. The average molecular weight is 317 g/mol. The van der Waals surface area contributed by atoms with E-state index >= 15 is 0 Å². The number of anilines is 1. The van der Waals surface area contributed by atoms with Crippen molar-refractivity contribution in [3.63, 3.8) is 0 Å². The van der Waals surface area contributed by atoms with Gasteiger partial charge in [0.2, 0.25) is 5.91 Å². The second kappa shape index (κ2) is 4.93. The van der Waals surface area contributed by atoms with Gasteiger partial charge in [0.05, 0.1) is 10.2 Å². The van der Waals surface area contributed by atoms with Crippen molar-refractivity contribution < 1.29 is 18.7 Å². The summed E-state index contributed by atoms with van der Waals surface area (Å²) in [6.07, 6.45) is -0.629. The highest BCUT2D eigenvalue weighted by Gasteiger charge is 2.28. The van der Waals surface area contributed by atoms with E-state index < -0.39 is 17.8 Å².